The predicted molar refractivity (Wildman–Crippen MR) is 132 cm³/mol. The van der Waals surface area contributed by atoms with Gasteiger partial charge in [0.2, 0.25) is 0 Å². The Balaban J connectivity index is 2.11. The molecule has 1 fully saturated rings. The Kier molecular flexibility index (Phi) is 7.91. The maximum Gasteiger partial charge on any atom is 0.295 e. The molecule has 0 aromatic heterocycles. The first kappa shape index (κ1) is 25.9. The van der Waals surface area contributed by atoms with Crippen molar-refractivity contribution in [2.75, 3.05) is 33.8 Å². The number of ether oxygens (including phenoxy) is 1. The van der Waals surface area contributed by atoms with E-state index in [0.717, 1.165) is 5.56 Å². The van der Waals surface area contributed by atoms with Crippen LogP contribution >= 0.6 is 0 Å². The molecule has 0 radical (unpaired) electrons. The quantitative estimate of drug-likeness (QED) is 0.190. The number of rotatable bonds is 9. The molecule has 3 rings (SSSR count). The summed E-state index contributed by atoms with van der Waals surface area (Å²) in [4.78, 5) is 40.2. The van der Waals surface area contributed by atoms with Crippen LogP contribution in [0.25, 0.3) is 5.76 Å². The lowest BCUT2D eigenvalue weighted by atomic mass is 9.94. The summed E-state index contributed by atoms with van der Waals surface area (Å²) < 4.78 is 5.80. The van der Waals surface area contributed by atoms with Gasteiger partial charge in [0.1, 0.15) is 11.5 Å². The predicted octanol–water partition coefficient (Wildman–Crippen LogP) is 3.92. The number of aliphatic hydroxyl groups is 1. The van der Waals surface area contributed by atoms with Crippen molar-refractivity contribution in [3.05, 3.63) is 74.8 Å². The van der Waals surface area contributed by atoms with Gasteiger partial charge in [-0.05, 0) is 56.3 Å². The summed E-state index contributed by atoms with van der Waals surface area (Å²) in [6.45, 7) is 7.13. The standard InChI is InChI=1S/C26H31N3O6/c1-16(2)15-35-21-10-9-19(13-17(21)3)24(30)22-23(18-7-6-8-20(14-18)29(33)34)28(12-11-27(4)5)26(32)25(22)31/h6-10,13-14,16,23,30H,11-12,15H2,1-5H3/t23-/m0/s1. The minimum absolute atomic E-state index is 0.0931. The SMILES string of the molecule is Cc1cc(C(O)=C2C(=O)C(=O)N(CCN(C)C)[C@H]2c2cccc([N+](=O)[O-])c2)ccc1OCC(C)C. The van der Waals surface area contributed by atoms with E-state index < -0.39 is 22.7 Å². The fourth-order valence-corrected chi connectivity index (χ4v) is 3.94. The molecular weight excluding hydrogens is 450 g/mol. The Bertz CT molecular complexity index is 1170. The molecule has 1 N–H and O–H groups in total. The average Bonchev–Trinajstić information content (AvgIpc) is 3.06. The van der Waals surface area contributed by atoms with Crippen LogP contribution in [0, 0.1) is 23.0 Å². The second-order valence-corrected chi connectivity index (χ2v) is 9.33. The Labute approximate surface area is 204 Å². The van der Waals surface area contributed by atoms with Crippen molar-refractivity contribution in [2.45, 2.75) is 26.8 Å². The number of aryl methyl sites for hydroxylation is 1. The summed E-state index contributed by atoms with van der Waals surface area (Å²) in [5, 5.41) is 22.6. The number of nitrogens with zero attached hydrogens (tertiary/aromatic N) is 3. The van der Waals surface area contributed by atoms with Crippen LogP contribution in [-0.2, 0) is 9.59 Å². The Morgan fingerprint density at radius 2 is 1.91 bits per heavy atom. The number of non-ortho nitro benzene ring substituents is 1. The van der Waals surface area contributed by atoms with Gasteiger partial charge >= 0.3 is 0 Å². The van der Waals surface area contributed by atoms with Gasteiger partial charge in [0.05, 0.1) is 23.1 Å². The van der Waals surface area contributed by atoms with Gasteiger partial charge < -0.3 is 19.6 Å². The van der Waals surface area contributed by atoms with E-state index in [1.165, 1.54) is 23.1 Å². The molecule has 1 atom stereocenters. The highest BCUT2D eigenvalue weighted by Crippen LogP contribution is 2.40. The number of likely N-dealkylation sites (N-methyl/N-ethyl adjacent to an activating group) is 1. The van der Waals surface area contributed by atoms with Crippen molar-refractivity contribution >= 4 is 23.1 Å². The third-order valence-corrected chi connectivity index (χ3v) is 5.75. The summed E-state index contributed by atoms with van der Waals surface area (Å²) in [7, 11) is 3.68. The molecule has 1 saturated heterocycles. The van der Waals surface area contributed by atoms with Crippen LogP contribution in [0.2, 0.25) is 0 Å². The van der Waals surface area contributed by atoms with Crippen LogP contribution in [-0.4, -0.2) is 65.3 Å². The fraction of sp³-hybridized carbons (Fsp3) is 0.385. The van der Waals surface area contributed by atoms with Crippen molar-refractivity contribution in [1.29, 1.82) is 0 Å². The van der Waals surface area contributed by atoms with Crippen molar-refractivity contribution in [2.24, 2.45) is 5.92 Å². The summed E-state index contributed by atoms with van der Waals surface area (Å²) >= 11 is 0. The van der Waals surface area contributed by atoms with Gasteiger partial charge in [-0.25, -0.2) is 0 Å². The van der Waals surface area contributed by atoms with Crippen LogP contribution in [0.3, 0.4) is 0 Å². The number of carbonyl (C=O) groups is 2. The number of hydrogen-bond donors (Lipinski definition) is 1. The van der Waals surface area contributed by atoms with Crippen molar-refractivity contribution in [3.8, 4) is 5.75 Å². The summed E-state index contributed by atoms with van der Waals surface area (Å²) in [5.41, 5.74) is 1.25. The van der Waals surface area contributed by atoms with Gasteiger partial charge in [-0.15, -0.1) is 0 Å². The Hall–Kier alpha value is -3.72. The topological polar surface area (TPSA) is 113 Å². The number of amides is 1. The van der Waals surface area contributed by atoms with Gasteiger partial charge in [-0.3, -0.25) is 19.7 Å². The van der Waals surface area contributed by atoms with Crippen molar-refractivity contribution < 1.29 is 24.4 Å². The summed E-state index contributed by atoms with van der Waals surface area (Å²) in [5.74, 6) is -0.896. The Morgan fingerprint density at radius 1 is 1.20 bits per heavy atom. The fourth-order valence-electron chi connectivity index (χ4n) is 3.94. The van der Waals surface area contributed by atoms with E-state index in [2.05, 4.69) is 0 Å². The van der Waals surface area contributed by atoms with Gasteiger partial charge in [-0.2, -0.15) is 0 Å². The highest BCUT2D eigenvalue weighted by molar-refractivity contribution is 6.46. The largest absolute Gasteiger partial charge is 0.507 e. The normalized spacial score (nSPS) is 17.5. The van der Waals surface area contributed by atoms with E-state index in [9.17, 15) is 24.8 Å². The number of aliphatic hydroxyl groups excluding tert-OH is 1. The van der Waals surface area contributed by atoms with E-state index in [-0.39, 0.29) is 23.6 Å². The second-order valence-electron chi connectivity index (χ2n) is 9.33. The van der Waals surface area contributed by atoms with Crippen LogP contribution in [0.1, 0.15) is 36.6 Å². The molecule has 0 bridgehead atoms. The molecular formula is C26H31N3O6. The summed E-state index contributed by atoms with van der Waals surface area (Å²) in [6, 6.07) is 9.90. The lowest BCUT2D eigenvalue weighted by molar-refractivity contribution is -0.384. The van der Waals surface area contributed by atoms with Gasteiger partial charge in [0.25, 0.3) is 17.4 Å². The van der Waals surface area contributed by atoms with E-state index in [4.69, 9.17) is 4.74 Å². The molecule has 0 aliphatic carbocycles. The number of Topliss-reactive ketones (excluding diaryl/α,β-unsaturated/α-hetero) is 1. The van der Waals surface area contributed by atoms with E-state index in [1.807, 2.05) is 39.8 Å². The minimum Gasteiger partial charge on any atom is -0.507 e. The van der Waals surface area contributed by atoms with Crippen LogP contribution < -0.4 is 4.74 Å². The molecule has 9 nitrogen and oxygen atoms in total. The lowest BCUT2D eigenvalue weighted by Crippen LogP contribution is -2.35. The van der Waals surface area contributed by atoms with E-state index >= 15 is 0 Å². The molecule has 0 unspecified atom stereocenters. The number of nitro groups is 1. The van der Waals surface area contributed by atoms with Crippen LogP contribution in [0.15, 0.2) is 48.0 Å². The molecule has 186 valence electrons. The van der Waals surface area contributed by atoms with Gasteiger partial charge in [0, 0.05) is 30.8 Å². The smallest absolute Gasteiger partial charge is 0.295 e. The maximum atomic E-state index is 13.1. The third-order valence-electron chi connectivity index (χ3n) is 5.75. The maximum absolute atomic E-state index is 13.1. The zero-order valence-electron chi connectivity index (χ0n) is 20.6. The molecule has 1 aliphatic rings. The molecule has 1 aliphatic heterocycles. The van der Waals surface area contributed by atoms with Crippen LogP contribution in [0.4, 0.5) is 5.69 Å². The monoisotopic (exact) mass is 481 g/mol. The number of likely N-dealkylation sites (tertiary alicyclic amines) is 1. The second kappa shape index (κ2) is 10.7. The molecule has 0 spiro atoms. The molecule has 9 heteroatoms. The van der Waals surface area contributed by atoms with Crippen molar-refractivity contribution in [3.63, 3.8) is 0 Å². The lowest BCUT2D eigenvalue weighted by Gasteiger charge is -2.26. The number of ketones is 1. The molecule has 0 saturated carbocycles. The Morgan fingerprint density at radius 3 is 2.51 bits per heavy atom. The average molecular weight is 482 g/mol. The zero-order chi connectivity index (χ0) is 25.9. The van der Waals surface area contributed by atoms with Gasteiger partial charge in [-0.1, -0.05) is 26.0 Å². The first-order valence-electron chi connectivity index (χ1n) is 11.4. The molecule has 2 aromatic rings. The highest BCUT2D eigenvalue weighted by atomic mass is 16.6. The van der Waals surface area contributed by atoms with Gasteiger partial charge in [0.15, 0.2) is 0 Å². The minimum atomic E-state index is -0.952. The van der Waals surface area contributed by atoms with E-state index in [0.29, 0.717) is 35.9 Å². The number of nitro benzene ring substituents is 1. The third kappa shape index (κ3) is 5.68. The number of benzene rings is 2. The molecule has 1 amide bonds. The van der Waals surface area contributed by atoms with E-state index in [1.54, 1.807) is 24.3 Å². The van der Waals surface area contributed by atoms with Crippen LogP contribution in [0.5, 0.6) is 5.75 Å². The zero-order valence-corrected chi connectivity index (χ0v) is 20.6. The highest BCUT2D eigenvalue weighted by Gasteiger charge is 2.46. The first-order chi connectivity index (χ1) is 16.5. The summed E-state index contributed by atoms with van der Waals surface area (Å²) in [6.07, 6.45) is 0. The molecule has 2 aromatic carbocycles. The number of hydrogen-bond acceptors (Lipinski definition) is 7. The molecule has 35 heavy (non-hydrogen) atoms. The first-order valence-corrected chi connectivity index (χ1v) is 11.4. The molecule has 1 heterocycles. The van der Waals surface area contributed by atoms with Crippen molar-refractivity contribution in [1.82, 2.24) is 9.80 Å². The number of carbonyl (C=O) groups excluding carboxylic acids is 2.